The van der Waals surface area contributed by atoms with Gasteiger partial charge in [-0.05, 0) is 26.8 Å². The van der Waals surface area contributed by atoms with Gasteiger partial charge in [0.05, 0.1) is 6.54 Å². The molecule has 0 aliphatic carbocycles. The molecule has 96 valence electrons. The lowest BCUT2D eigenvalue weighted by Gasteiger charge is -2.29. The van der Waals surface area contributed by atoms with E-state index >= 15 is 0 Å². The Morgan fingerprint density at radius 3 is 2.44 bits per heavy atom. The molecule has 0 aromatic carbocycles. The second-order valence-electron chi connectivity index (χ2n) is 4.46. The average Bonchev–Trinajstić information content (AvgIpc) is 2.25. The molecule has 0 heterocycles. The number of hydrogen-bond donors (Lipinski definition) is 1. The number of hydrogen-bond acceptors (Lipinski definition) is 2. The van der Waals surface area contributed by atoms with Crippen LogP contribution < -0.4 is 5.32 Å². The SMILES string of the molecule is CCCCCN(C(=O)CNC)C(C)CCC. The molecule has 0 rings (SSSR count). The minimum absolute atomic E-state index is 0.236. The molecule has 0 fully saturated rings. The molecule has 0 aliphatic heterocycles. The molecule has 0 aromatic heterocycles. The molecule has 1 amide bonds. The summed E-state index contributed by atoms with van der Waals surface area (Å²) in [6, 6.07) is 0.378. The van der Waals surface area contributed by atoms with E-state index in [0.717, 1.165) is 25.8 Å². The van der Waals surface area contributed by atoms with E-state index < -0.39 is 0 Å². The van der Waals surface area contributed by atoms with Gasteiger partial charge < -0.3 is 10.2 Å². The van der Waals surface area contributed by atoms with E-state index in [1.165, 1.54) is 12.8 Å². The summed E-state index contributed by atoms with van der Waals surface area (Å²) in [5, 5.41) is 2.94. The van der Waals surface area contributed by atoms with Gasteiger partial charge in [-0.25, -0.2) is 0 Å². The highest BCUT2D eigenvalue weighted by atomic mass is 16.2. The van der Waals surface area contributed by atoms with Crippen molar-refractivity contribution in [2.24, 2.45) is 0 Å². The standard InChI is InChI=1S/C13H28N2O/c1-5-7-8-10-15(12(3)9-6-2)13(16)11-14-4/h12,14H,5-11H2,1-4H3. The van der Waals surface area contributed by atoms with Crippen molar-refractivity contribution < 1.29 is 4.79 Å². The van der Waals surface area contributed by atoms with Crippen LogP contribution in [0.5, 0.6) is 0 Å². The number of amides is 1. The molecule has 0 radical (unpaired) electrons. The smallest absolute Gasteiger partial charge is 0.236 e. The third-order valence-electron chi connectivity index (χ3n) is 2.89. The zero-order valence-electron chi connectivity index (χ0n) is 11.4. The second-order valence-corrected chi connectivity index (χ2v) is 4.46. The topological polar surface area (TPSA) is 32.3 Å². The summed E-state index contributed by atoms with van der Waals surface area (Å²) in [7, 11) is 1.83. The van der Waals surface area contributed by atoms with Crippen LogP contribution in [0.1, 0.15) is 52.9 Å². The Bertz CT molecular complexity index is 183. The van der Waals surface area contributed by atoms with Crippen LogP contribution in [-0.2, 0) is 4.79 Å². The predicted octanol–water partition coefficient (Wildman–Crippen LogP) is 2.41. The van der Waals surface area contributed by atoms with E-state index in [2.05, 4.69) is 26.1 Å². The zero-order valence-corrected chi connectivity index (χ0v) is 11.4. The number of carbonyl (C=O) groups is 1. The van der Waals surface area contributed by atoms with Gasteiger partial charge in [-0.3, -0.25) is 4.79 Å². The zero-order chi connectivity index (χ0) is 12.4. The molecule has 1 atom stereocenters. The molecule has 3 heteroatoms. The van der Waals surface area contributed by atoms with E-state index in [4.69, 9.17) is 0 Å². The first-order chi connectivity index (χ1) is 7.67. The molecule has 0 bridgehead atoms. The monoisotopic (exact) mass is 228 g/mol. The fraction of sp³-hybridized carbons (Fsp3) is 0.923. The molecule has 1 unspecified atom stereocenters. The van der Waals surface area contributed by atoms with Crippen LogP contribution in [0.2, 0.25) is 0 Å². The maximum atomic E-state index is 11.9. The summed E-state index contributed by atoms with van der Waals surface area (Å²) >= 11 is 0. The maximum absolute atomic E-state index is 11.9. The Kier molecular flexibility index (Phi) is 9.30. The van der Waals surface area contributed by atoms with Crippen molar-refractivity contribution in [3.05, 3.63) is 0 Å². The predicted molar refractivity (Wildman–Crippen MR) is 69.5 cm³/mol. The normalized spacial score (nSPS) is 12.5. The fourth-order valence-electron chi connectivity index (χ4n) is 1.95. The quantitative estimate of drug-likeness (QED) is 0.615. The summed E-state index contributed by atoms with van der Waals surface area (Å²) in [5.41, 5.74) is 0. The summed E-state index contributed by atoms with van der Waals surface area (Å²) < 4.78 is 0. The largest absolute Gasteiger partial charge is 0.339 e. The van der Waals surface area contributed by atoms with Crippen LogP contribution in [0.25, 0.3) is 0 Å². The van der Waals surface area contributed by atoms with Crippen molar-refractivity contribution >= 4 is 5.91 Å². The Morgan fingerprint density at radius 2 is 1.94 bits per heavy atom. The average molecular weight is 228 g/mol. The van der Waals surface area contributed by atoms with Gasteiger partial charge in [0.25, 0.3) is 0 Å². The van der Waals surface area contributed by atoms with E-state index in [1.807, 2.05) is 11.9 Å². The minimum Gasteiger partial charge on any atom is -0.339 e. The van der Waals surface area contributed by atoms with Gasteiger partial charge in [0.1, 0.15) is 0 Å². The molecule has 1 N–H and O–H groups in total. The van der Waals surface area contributed by atoms with Crippen LogP contribution >= 0.6 is 0 Å². The molecular weight excluding hydrogens is 200 g/mol. The first kappa shape index (κ1) is 15.4. The van der Waals surface area contributed by atoms with Crippen molar-refractivity contribution in [2.75, 3.05) is 20.1 Å². The molecular formula is C13H28N2O. The van der Waals surface area contributed by atoms with Crippen molar-refractivity contribution in [1.29, 1.82) is 0 Å². The number of likely N-dealkylation sites (N-methyl/N-ethyl adjacent to an activating group) is 1. The number of nitrogens with zero attached hydrogens (tertiary/aromatic N) is 1. The van der Waals surface area contributed by atoms with E-state index in [0.29, 0.717) is 12.6 Å². The van der Waals surface area contributed by atoms with Crippen molar-refractivity contribution in [3.63, 3.8) is 0 Å². The van der Waals surface area contributed by atoms with E-state index in [-0.39, 0.29) is 5.91 Å². The number of unbranched alkanes of at least 4 members (excludes halogenated alkanes) is 2. The molecule has 3 nitrogen and oxygen atoms in total. The Labute approximate surface area is 101 Å². The third kappa shape index (κ3) is 6.11. The van der Waals surface area contributed by atoms with Crippen molar-refractivity contribution in [3.8, 4) is 0 Å². The van der Waals surface area contributed by atoms with Gasteiger partial charge >= 0.3 is 0 Å². The van der Waals surface area contributed by atoms with Gasteiger partial charge in [0.2, 0.25) is 5.91 Å². The first-order valence-electron chi connectivity index (χ1n) is 6.61. The Balaban J connectivity index is 4.19. The van der Waals surface area contributed by atoms with Crippen LogP contribution in [0.15, 0.2) is 0 Å². The molecule has 0 saturated carbocycles. The minimum atomic E-state index is 0.236. The van der Waals surface area contributed by atoms with Gasteiger partial charge in [0, 0.05) is 12.6 Å². The van der Waals surface area contributed by atoms with Crippen LogP contribution in [0.3, 0.4) is 0 Å². The Hall–Kier alpha value is -0.570. The first-order valence-corrected chi connectivity index (χ1v) is 6.61. The highest BCUT2D eigenvalue weighted by molar-refractivity contribution is 5.78. The molecule has 16 heavy (non-hydrogen) atoms. The number of nitrogens with one attached hydrogen (secondary N) is 1. The van der Waals surface area contributed by atoms with E-state index in [1.54, 1.807) is 0 Å². The molecule has 0 spiro atoms. The highest BCUT2D eigenvalue weighted by Crippen LogP contribution is 2.09. The molecule has 0 saturated heterocycles. The van der Waals surface area contributed by atoms with Crippen molar-refractivity contribution in [1.82, 2.24) is 10.2 Å². The Morgan fingerprint density at radius 1 is 1.25 bits per heavy atom. The lowest BCUT2D eigenvalue weighted by Crippen LogP contribution is -2.43. The lowest BCUT2D eigenvalue weighted by atomic mass is 10.1. The summed E-state index contributed by atoms with van der Waals surface area (Å²) in [6.07, 6.45) is 5.78. The number of rotatable bonds is 9. The van der Waals surface area contributed by atoms with E-state index in [9.17, 15) is 4.79 Å². The summed E-state index contributed by atoms with van der Waals surface area (Å²) in [6.45, 7) is 7.89. The van der Waals surface area contributed by atoms with Crippen LogP contribution in [0.4, 0.5) is 0 Å². The summed E-state index contributed by atoms with van der Waals surface area (Å²) in [5.74, 6) is 0.236. The number of carbonyl (C=O) groups excluding carboxylic acids is 1. The van der Waals surface area contributed by atoms with Crippen LogP contribution in [-0.4, -0.2) is 37.0 Å². The highest BCUT2D eigenvalue weighted by Gasteiger charge is 2.17. The molecule has 0 aliphatic rings. The third-order valence-corrected chi connectivity index (χ3v) is 2.89. The maximum Gasteiger partial charge on any atom is 0.236 e. The second kappa shape index (κ2) is 9.64. The van der Waals surface area contributed by atoms with Gasteiger partial charge in [-0.1, -0.05) is 33.1 Å². The van der Waals surface area contributed by atoms with Crippen molar-refractivity contribution in [2.45, 2.75) is 58.9 Å². The van der Waals surface area contributed by atoms with Gasteiger partial charge in [-0.2, -0.15) is 0 Å². The summed E-state index contributed by atoms with van der Waals surface area (Å²) in [4.78, 5) is 14.0. The lowest BCUT2D eigenvalue weighted by molar-refractivity contribution is -0.132. The molecule has 0 aromatic rings. The van der Waals surface area contributed by atoms with Gasteiger partial charge in [0.15, 0.2) is 0 Å². The van der Waals surface area contributed by atoms with Crippen LogP contribution in [0, 0.1) is 0 Å². The van der Waals surface area contributed by atoms with Gasteiger partial charge in [-0.15, -0.1) is 0 Å². The fourth-order valence-corrected chi connectivity index (χ4v) is 1.95.